The van der Waals surface area contributed by atoms with Crippen molar-refractivity contribution in [2.75, 3.05) is 0 Å². The lowest BCUT2D eigenvalue weighted by molar-refractivity contribution is -0.119. The molecule has 18 heavy (non-hydrogen) atoms. The standard InChI is InChI=1S/C12H15N3O3/c13-7-3-5-10(16)8-9-4-1-2-6-11-14-18-12(17)15(9)11/h9H,1-6,8H2. The lowest BCUT2D eigenvalue weighted by Crippen LogP contribution is -2.23. The van der Waals surface area contributed by atoms with Crippen molar-refractivity contribution >= 4 is 5.78 Å². The first-order chi connectivity index (χ1) is 8.72. The van der Waals surface area contributed by atoms with Crippen LogP contribution in [0, 0.1) is 11.3 Å². The van der Waals surface area contributed by atoms with Gasteiger partial charge in [-0.3, -0.25) is 13.9 Å². The molecule has 0 aliphatic carbocycles. The number of Topliss-reactive ketones (excluding diaryl/α,β-unsaturated/α-hetero) is 1. The van der Waals surface area contributed by atoms with E-state index in [1.54, 1.807) is 0 Å². The molecule has 0 aromatic carbocycles. The molecule has 0 bridgehead atoms. The van der Waals surface area contributed by atoms with Gasteiger partial charge in [0, 0.05) is 31.7 Å². The van der Waals surface area contributed by atoms with E-state index < -0.39 is 5.76 Å². The molecule has 0 amide bonds. The number of rotatable bonds is 4. The van der Waals surface area contributed by atoms with Gasteiger partial charge in [0.2, 0.25) is 0 Å². The third kappa shape index (κ3) is 2.67. The van der Waals surface area contributed by atoms with Gasteiger partial charge in [0.25, 0.3) is 0 Å². The molecule has 0 spiro atoms. The molecule has 1 atom stereocenters. The second kappa shape index (κ2) is 5.63. The average molecular weight is 249 g/mol. The first-order valence-corrected chi connectivity index (χ1v) is 6.18. The molecule has 96 valence electrons. The van der Waals surface area contributed by atoms with Crippen molar-refractivity contribution in [3.63, 3.8) is 0 Å². The van der Waals surface area contributed by atoms with Crippen molar-refractivity contribution in [2.24, 2.45) is 0 Å². The van der Waals surface area contributed by atoms with Crippen molar-refractivity contribution in [2.45, 2.75) is 51.0 Å². The minimum atomic E-state index is -0.481. The molecule has 0 radical (unpaired) electrons. The summed E-state index contributed by atoms with van der Waals surface area (Å²) in [6, 6.07) is 1.79. The zero-order valence-electron chi connectivity index (χ0n) is 10.1. The highest BCUT2D eigenvalue weighted by Gasteiger charge is 2.24. The fourth-order valence-electron chi connectivity index (χ4n) is 2.36. The molecule has 0 N–H and O–H groups in total. The topological polar surface area (TPSA) is 88.9 Å². The van der Waals surface area contributed by atoms with Crippen LogP contribution in [0.3, 0.4) is 0 Å². The van der Waals surface area contributed by atoms with Crippen LogP contribution in [0.1, 0.15) is 50.4 Å². The van der Waals surface area contributed by atoms with Gasteiger partial charge >= 0.3 is 5.76 Å². The summed E-state index contributed by atoms with van der Waals surface area (Å²) in [5.74, 6) is 0.170. The summed E-state index contributed by atoms with van der Waals surface area (Å²) >= 11 is 0. The minimum Gasteiger partial charge on any atom is -0.300 e. The maximum Gasteiger partial charge on any atom is 0.441 e. The maximum absolute atomic E-state index is 11.7. The first kappa shape index (κ1) is 12.6. The second-order valence-corrected chi connectivity index (χ2v) is 4.54. The zero-order valence-corrected chi connectivity index (χ0v) is 10.1. The number of hydrogen-bond acceptors (Lipinski definition) is 5. The van der Waals surface area contributed by atoms with E-state index in [4.69, 9.17) is 5.26 Å². The summed E-state index contributed by atoms with van der Waals surface area (Å²) in [6.07, 6.45) is 4.20. The third-order valence-corrected chi connectivity index (χ3v) is 3.24. The van der Waals surface area contributed by atoms with Crippen LogP contribution in [0.5, 0.6) is 0 Å². The zero-order chi connectivity index (χ0) is 13.0. The lowest BCUT2D eigenvalue weighted by atomic mass is 10.0. The second-order valence-electron chi connectivity index (χ2n) is 4.54. The molecule has 1 aliphatic heterocycles. The smallest absolute Gasteiger partial charge is 0.300 e. The van der Waals surface area contributed by atoms with Gasteiger partial charge in [-0.25, -0.2) is 4.79 Å². The highest BCUT2D eigenvalue weighted by atomic mass is 16.5. The van der Waals surface area contributed by atoms with Crippen molar-refractivity contribution < 1.29 is 9.32 Å². The number of carbonyl (C=O) groups is 1. The van der Waals surface area contributed by atoms with E-state index in [0.717, 1.165) is 19.3 Å². The van der Waals surface area contributed by atoms with Gasteiger partial charge in [-0.2, -0.15) is 5.26 Å². The Morgan fingerprint density at radius 3 is 3.17 bits per heavy atom. The molecule has 6 heteroatoms. The largest absolute Gasteiger partial charge is 0.441 e. The van der Waals surface area contributed by atoms with Crippen molar-refractivity contribution in [1.82, 2.24) is 9.72 Å². The number of aryl methyl sites for hydroxylation is 1. The van der Waals surface area contributed by atoms with Crippen molar-refractivity contribution in [3.8, 4) is 6.07 Å². The average Bonchev–Trinajstić information content (AvgIpc) is 2.59. The Hall–Kier alpha value is -1.90. The molecule has 1 unspecified atom stereocenters. The molecule has 2 rings (SSSR count). The summed E-state index contributed by atoms with van der Waals surface area (Å²) in [4.78, 5) is 23.3. The van der Waals surface area contributed by atoms with Crippen LogP contribution < -0.4 is 5.76 Å². The SMILES string of the molecule is N#CCCC(=O)CC1CCCCc2noc(=O)n21. The summed E-state index contributed by atoms with van der Waals surface area (Å²) in [5.41, 5.74) is 0. The minimum absolute atomic E-state index is 0.0162. The number of aromatic nitrogens is 2. The predicted molar refractivity (Wildman–Crippen MR) is 61.8 cm³/mol. The summed E-state index contributed by atoms with van der Waals surface area (Å²) in [5, 5.41) is 12.2. The first-order valence-electron chi connectivity index (χ1n) is 6.18. The predicted octanol–water partition coefficient (Wildman–Crippen LogP) is 1.37. The molecule has 0 fully saturated rings. The Bertz CT molecular complexity index is 523. The Labute approximate surface area is 104 Å². The van der Waals surface area contributed by atoms with E-state index in [1.807, 2.05) is 6.07 Å². The van der Waals surface area contributed by atoms with E-state index in [9.17, 15) is 9.59 Å². The van der Waals surface area contributed by atoms with E-state index in [1.165, 1.54) is 4.57 Å². The van der Waals surface area contributed by atoms with Crippen LogP contribution in [0.2, 0.25) is 0 Å². The molecule has 6 nitrogen and oxygen atoms in total. The van der Waals surface area contributed by atoms with Crippen LogP contribution in [-0.2, 0) is 11.2 Å². The van der Waals surface area contributed by atoms with Crippen LogP contribution in [-0.4, -0.2) is 15.5 Å². The Balaban J connectivity index is 2.13. The van der Waals surface area contributed by atoms with Crippen LogP contribution in [0.25, 0.3) is 0 Å². The fraction of sp³-hybridized carbons (Fsp3) is 0.667. The Kier molecular flexibility index (Phi) is 3.92. The summed E-state index contributed by atoms with van der Waals surface area (Å²) in [7, 11) is 0. The molecular weight excluding hydrogens is 234 g/mol. The Morgan fingerprint density at radius 1 is 1.56 bits per heavy atom. The van der Waals surface area contributed by atoms with Gasteiger partial charge in [0.15, 0.2) is 5.82 Å². The fourth-order valence-corrected chi connectivity index (χ4v) is 2.36. The monoisotopic (exact) mass is 249 g/mol. The molecule has 0 saturated carbocycles. The van der Waals surface area contributed by atoms with Crippen LogP contribution in [0.15, 0.2) is 9.32 Å². The molecule has 1 aromatic rings. The van der Waals surface area contributed by atoms with Gasteiger partial charge < -0.3 is 0 Å². The summed E-state index contributed by atoms with van der Waals surface area (Å²) in [6.45, 7) is 0. The third-order valence-electron chi connectivity index (χ3n) is 3.24. The number of nitriles is 1. The number of hydrogen-bond donors (Lipinski definition) is 0. The summed E-state index contributed by atoms with van der Waals surface area (Å²) < 4.78 is 6.17. The van der Waals surface area contributed by atoms with Crippen LogP contribution in [0.4, 0.5) is 0 Å². The number of nitrogens with zero attached hydrogens (tertiary/aromatic N) is 3. The quantitative estimate of drug-likeness (QED) is 0.803. The molecule has 2 heterocycles. The van der Waals surface area contributed by atoms with E-state index in [2.05, 4.69) is 9.68 Å². The van der Waals surface area contributed by atoms with Gasteiger partial charge in [0.1, 0.15) is 5.78 Å². The maximum atomic E-state index is 11.7. The highest BCUT2D eigenvalue weighted by molar-refractivity contribution is 5.79. The van der Waals surface area contributed by atoms with Gasteiger partial charge in [-0.05, 0) is 12.8 Å². The van der Waals surface area contributed by atoms with E-state index >= 15 is 0 Å². The Morgan fingerprint density at radius 2 is 2.39 bits per heavy atom. The molecule has 1 aliphatic rings. The number of carbonyl (C=O) groups excluding carboxylic acids is 1. The van der Waals surface area contributed by atoms with Gasteiger partial charge in [-0.1, -0.05) is 11.6 Å². The van der Waals surface area contributed by atoms with Crippen LogP contribution >= 0.6 is 0 Å². The number of fused-ring (bicyclic) bond motifs is 1. The molecule has 1 aromatic heterocycles. The highest BCUT2D eigenvalue weighted by Crippen LogP contribution is 2.24. The van der Waals surface area contributed by atoms with Gasteiger partial charge in [-0.15, -0.1) is 0 Å². The van der Waals surface area contributed by atoms with Crippen molar-refractivity contribution in [1.29, 1.82) is 5.26 Å². The van der Waals surface area contributed by atoms with E-state index in [-0.39, 0.29) is 31.1 Å². The lowest BCUT2D eigenvalue weighted by Gasteiger charge is -2.14. The molecule has 0 saturated heterocycles. The number of ketones is 1. The van der Waals surface area contributed by atoms with Crippen molar-refractivity contribution in [3.05, 3.63) is 16.4 Å². The normalized spacial score (nSPS) is 18.7. The van der Waals surface area contributed by atoms with Gasteiger partial charge in [0.05, 0.1) is 6.07 Å². The molecular formula is C12H15N3O3. The van der Waals surface area contributed by atoms with E-state index in [0.29, 0.717) is 12.2 Å².